The highest BCUT2D eigenvalue weighted by molar-refractivity contribution is 5.89. The monoisotopic (exact) mass is 355 g/mol. The van der Waals surface area contributed by atoms with Crippen LogP contribution in [0.4, 0.5) is 4.79 Å². The van der Waals surface area contributed by atoms with Crippen LogP contribution in [0, 0.1) is 5.92 Å². The lowest BCUT2D eigenvalue weighted by Gasteiger charge is -2.19. The number of amides is 1. The van der Waals surface area contributed by atoms with E-state index in [1.165, 1.54) is 7.11 Å². The standard InChI is InChI=1S/C21H25NO4/c1-15(2)20(23)19(22-21(24)25-3)13-16-9-11-18(12-10-16)26-14-17-7-5-4-6-8-17/h4-12,15,19H,13-14H2,1-3H3,(H,22,24)/t19-/m0/s1. The van der Waals surface area contributed by atoms with Crippen molar-refractivity contribution in [3.05, 3.63) is 65.7 Å². The Balaban J connectivity index is 1.98. The van der Waals surface area contributed by atoms with Gasteiger partial charge >= 0.3 is 6.09 Å². The van der Waals surface area contributed by atoms with Crippen molar-refractivity contribution in [3.8, 4) is 5.75 Å². The minimum absolute atomic E-state index is 0.0280. The molecule has 138 valence electrons. The van der Waals surface area contributed by atoms with Crippen LogP contribution in [0.2, 0.25) is 0 Å². The molecule has 1 amide bonds. The van der Waals surface area contributed by atoms with E-state index in [1.54, 1.807) is 0 Å². The van der Waals surface area contributed by atoms with E-state index in [-0.39, 0.29) is 11.7 Å². The smallest absolute Gasteiger partial charge is 0.407 e. The number of carbonyl (C=O) groups is 2. The van der Waals surface area contributed by atoms with Crippen LogP contribution >= 0.6 is 0 Å². The van der Waals surface area contributed by atoms with Crippen molar-refractivity contribution < 1.29 is 19.1 Å². The maximum atomic E-state index is 12.3. The van der Waals surface area contributed by atoms with Crippen LogP contribution in [-0.4, -0.2) is 25.0 Å². The molecule has 26 heavy (non-hydrogen) atoms. The largest absolute Gasteiger partial charge is 0.489 e. The van der Waals surface area contributed by atoms with Gasteiger partial charge in [0, 0.05) is 5.92 Å². The zero-order chi connectivity index (χ0) is 18.9. The Morgan fingerprint density at radius 3 is 2.19 bits per heavy atom. The van der Waals surface area contributed by atoms with Gasteiger partial charge in [-0.2, -0.15) is 0 Å². The second-order valence-corrected chi connectivity index (χ2v) is 6.37. The topological polar surface area (TPSA) is 64.6 Å². The molecule has 0 aliphatic heterocycles. The van der Waals surface area contributed by atoms with Crippen LogP contribution < -0.4 is 10.1 Å². The van der Waals surface area contributed by atoms with Crippen molar-refractivity contribution in [2.45, 2.75) is 32.9 Å². The number of benzene rings is 2. The molecule has 2 aromatic carbocycles. The number of ketones is 1. The Morgan fingerprint density at radius 1 is 0.962 bits per heavy atom. The van der Waals surface area contributed by atoms with Crippen LogP contribution in [0.15, 0.2) is 54.6 Å². The molecule has 1 atom stereocenters. The van der Waals surface area contributed by atoms with Gasteiger partial charge in [0.25, 0.3) is 0 Å². The molecule has 1 N–H and O–H groups in total. The van der Waals surface area contributed by atoms with E-state index >= 15 is 0 Å². The van der Waals surface area contributed by atoms with Crippen LogP contribution in [0.3, 0.4) is 0 Å². The van der Waals surface area contributed by atoms with Crippen molar-refractivity contribution in [2.75, 3.05) is 7.11 Å². The quantitative estimate of drug-likeness (QED) is 0.783. The molecule has 0 saturated heterocycles. The van der Waals surface area contributed by atoms with E-state index < -0.39 is 12.1 Å². The second-order valence-electron chi connectivity index (χ2n) is 6.37. The van der Waals surface area contributed by atoms with Crippen molar-refractivity contribution in [2.24, 2.45) is 5.92 Å². The summed E-state index contributed by atoms with van der Waals surface area (Å²) in [5.74, 6) is 0.552. The van der Waals surface area contributed by atoms with Gasteiger partial charge in [0.1, 0.15) is 12.4 Å². The summed E-state index contributed by atoms with van der Waals surface area (Å²) in [5, 5.41) is 2.62. The summed E-state index contributed by atoms with van der Waals surface area (Å²) >= 11 is 0. The van der Waals surface area contributed by atoms with Gasteiger partial charge in [-0.1, -0.05) is 56.3 Å². The first-order valence-electron chi connectivity index (χ1n) is 8.63. The first kappa shape index (κ1) is 19.5. The number of ether oxygens (including phenoxy) is 2. The fraction of sp³-hybridized carbons (Fsp3) is 0.333. The van der Waals surface area contributed by atoms with Gasteiger partial charge in [-0.25, -0.2) is 4.79 Å². The molecular weight excluding hydrogens is 330 g/mol. The minimum Gasteiger partial charge on any atom is -0.489 e. The minimum atomic E-state index is -0.612. The highest BCUT2D eigenvalue weighted by atomic mass is 16.5. The fourth-order valence-electron chi connectivity index (χ4n) is 2.52. The number of alkyl carbamates (subject to hydrolysis) is 1. The molecule has 0 aliphatic carbocycles. The summed E-state index contributed by atoms with van der Waals surface area (Å²) in [6, 6.07) is 16.9. The van der Waals surface area contributed by atoms with E-state index in [9.17, 15) is 9.59 Å². The third-order valence-corrected chi connectivity index (χ3v) is 4.00. The number of carbonyl (C=O) groups excluding carboxylic acids is 2. The maximum absolute atomic E-state index is 12.3. The molecule has 0 spiro atoms. The van der Waals surface area contributed by atoms with E-state index in [1.807, 2.05) is 68.4 Å². The number of hydrogen-bond acceptors (Lipinski definition) is 4. The van der Waals surface area contributed by atoms with Crippen molar-refractivity contribution in [1.82, 2.24) is 5.32 Å². The summed E-state index contributed by atoms with van der Waals surface area (Å²) < 4.78 is 10.4. The van der Waals surface area contributed by atoms with Gasteiger partial charge in [-0.3, -0.25) is 4.79 Å². The molecule has 0 aromatic heterocycles. The van der Waals surface area contributed by atoms with Gasteiger partial charge in [0.2, 0.25) is 0 Å². The van der Waals surface area contributed by atoms with E-state index in [4.69, 9.17) is 4.74 Å². The molecule has 5 nitrogen and oxygen atoms in total. The third-order valence-electron chi connectivity index (χ3n) is 4.00. The van der Waals surface area contributed by atoms with Crippen LogP contribution in [0.5, 0.6) is 5.75 Å². The summed E-state index contributed by atoms with van der Waals surface area (Å²) in [4.78, 5) is 23.8. The van der Waals surface area contributed by atoms with Crippen molar-refractivity contribution in [1.29, 1.82) is 0 Å². The average molecular weight is 355 g/mol. The van der Waals surface area contributed by atoms with Gasteiger partial charge in [-0.15, -0.1) is 0 Å². The van der Waals surface area contributed by atoms with Gasteiger partial charge in [0.05, 0.1) is 13.2 Å². The molecule has 0 unspecified atom stereocenters. The zero-order valence-electron chi connectivity index (χ0n) is 15.4. The van der Waals surface area contributed by atoms with Crippen LogP contribution in [0.25, 0.3) is 0 Å². The van der Waals surface area contributed by atoms with Gasteiger partial charge in [0.15, 0.2) is 5.78 Å². The maximum Gasteiger partial charge on any atom is 0.407 e. The second kappa shape index (κ2) is 9.61. The highest BCUT2D eigenvalue weighted by Gasteiger charge is 2.23. The van der Waals surface area contributed by atoms with Crippen molar-refractivity contribution >= 4 is 11.9 Å². The molecule has 0 fully saturated rings. The summed E-state index contributed by atoms with van der Waals surface area (Å²) in [5.41, 5.74) is 2.04. The van der Waals surface area contributed by atoms with E-state index in [0.717, 1.165) is 16.9 Å². The summed E-state index contributed by atoms with van der Waals surface area (Å²) in [7, 11) is 1.28. The Labute approximate surface area is 154 Å². The molecule has 0 saturated carbocycles. The molecule has 0 heterocycles. The van der Waals surface area contributed by atoms with Crippen LogP contribution in [-0.2, 0) is 22.6 Å². The molecule has 0 radical (unpaired) electrons. The lowest BCUT2D eigenvalue weighted by molar-refractivity contribution is -0.123. The van der Waals surface area contributed by atoms with E-state index in [2.05, 4.69) is 10.1 Å². The summed E-state index contributed by atoms with van der Waals surface area (Å²) in [6.45, 7) is 4.13. The predicted octanol–water partition coefficient (Wildman–Crippen LogP) is 3.76. The van der Waals surface area contributed by atoms with E-state index in [0.29, 0.717) is 13.0 Å². The Morgan fingerprint density at radius 2 is 1.62 bits per heavy atom. The number of Topliss-reactive ketones (excluding diaryl/α,β-unsaturated/α-hetero) is 1. The van der Waals surface area contributed by atoms with Crippen LogP contribution in [0.1, 0.15) is 25.0 Å². The summed E-state index contributed by atoms with van der Waals surface area (Å²) in [6.07, 6.45) is -0.197. The molecule has 5 heteroatoms. The molecular formula is C21H25NO4. The van der Waals surface area contributed by atoms with Gasteiger partial charge in [-0.05, 0) is 29.7 Å². The van der Waals surface area contributed by atoms with Crippen molar-refractivity contribution in [3.63, 3.8) is 0 Å². The normalized spacial score (nSPS) is 11.7. The Bertz CT molecular complexity index is 711. The Hall–Kier alpha value is -2.82. The zero-order valence-corrected chi connectivity index (χ0v) is 15.4. The lowest BCUT2D eigenvalue weighted by Crippen LogP contribution is -2.44. The number of nitrogens with one attached hydrogen (secondary N) is 1. The number of hydrogen-bond donors (Lipinski definition) is 1. The number of methoxy groups -OCH3 is 1. The Kier molecular flexibility index (Phi) is 7.21. The first-order valence-corrected chi connectivity index (χ1v) is 8.63. The fourth-order valence-corrected chi connectivity index (χ4v) is 2.52. The lowest BCUT2D eigenvalue weighted by atomic mass is 9.96. The number of rotatable bonds is 8. The molecule has 0 aliphatic rings. The SMILES string of the molecule is COC(=O)N[C@@H](Cc1ccc(OCc2ccccc2)cc1)C(=O)C(C)C. The first-order chi connectivity index (χ1) is 12.5. The molecule has 0 bridgehead atoms. The highest BCUT2D eigenvalue weighted by Crippen LogP contribution is 2.16. The predicted molar refractivity (Wildman–Crippen MR) is 100 cm³/mol. The molecule has 2 aromatic rings. The van der Waals surface area contributed by atoms with Gasteiger partial charge < -0.3 is 14.8 Å². The average Bonchev–Trinajstić information content (AvgIpc) is 2.66. The molecule has 2 rings (SSSR count). The third kappa shape index (κ3) is 5.92.